The summed E-state index contributed by atoms with van der Waals surface area (Å²) in [5.74, 6) is -1.03. The predicted molar refractivity (Wildman–Crippen MR) is 81.3 cm³/mol. The summed E-state index contributed by atoms with van der Waals surface area (Å²) in [7, 11) is 0. The van der Waals surface area contributed by atoms with E-state index >= 15 is 0 Å². The number of hydrogen-bond acceptors (Lipinski definition) is 5. The first-order chi connectivity index (χ1) is 10.5. The van der Waals surface area contributed by atoms with E-state index in [-0.39, 0.29) is 10.6 Å². The van der Waals surface area contributed by atoms with E-state index in [9.17, 15) is 20.0 Å². The molecule has 2 N–H and O–H groups in total. The molecule has 0 spiro atoms. The molecule has 0 saturated heterocycles. The van der Waals surface area contributed by atoms with Crippen LogP contribution >= 0.6 is 11.6 Å². The Kier molecular flexibility index (Phi) is 4.70. The van der Waals surface area contributed by atoms with Crippen molar-refractivity contribution in [3.63, 3.8) is 0 Å². The number of aromatic hydroxyl groups is 1. The number of nitrogens with one attached hydrogen (secondary N) is 1. The number of hydrogen-bond donors (Lipinski definition) is 2. The summed E-state index contributed by atoms with van der Waals surface area (Å²) in [6.07, 6.45) is 1.08. The highest BCUT2D eigenvalue weighted by atomic mass is 35.5. The zero-order valence-electron chi connectivity index (χ0n) is 11.1. The van der Waals surface area contributed by atoms with Crippen molar-refractivity contribution in [1.82, 2.24) is 5.43 Å². The first-order valence-electron chi connectivity index (χ1n) is 6.04. The maximum atomic E-state index is 11.7. The normalized spacial score (nSPS) is 10.6. The molecule has 0 unspecified atom stereocenters. The average molecular weight is 320 g/mol. The molecule has 0 heterocycles. The predicted octanol–water partition coefficient (Wildman–Crippen LogP) is 2.72. The molecule has 8 heteroatoms. The second-order valence-corrected chi connectivity index (χ2v) is 4.62. The molecule has 112 valence electrons. The number of carbonyl (C=O) groups excluding carboxylic acids is 1. The zero-order chi connectivity index (χ0) is 16.1. The molecule has 22 heavy (non-hydrogen) atoms. The minimum absolute atomic E-state index is 0.0209. The Morgan fingerprint density at radius 1 is 1.32 bits per heavy atom. The Morgan fingerprint density at radius 2 is 2.00 bits per heavy atom. The van der Waals surface area contributed by atoms with Crippen molar-refractivity contribution in [2.24, 2.45) is 5.10 Å². The summed E-state index contributed by atoms with van der Waals surface area (Å²) >= 11 is 5.74. The van der Waals surface area contributed by atoms with Gasteiger partial charge in [-0.1, -0.05) is 29.8 Å². The van der Waals surface area contributed by atoms with Crippen molar-refractivity contribution in [2.45, 2.75) is 0 Å². The average Bonchev–Trinajstić information content (AvgIpc) is 2.50. The molecular formula is C14H10ClN3O4. The van der Waals surface area contributed by atoms with E-state index in [2.05, 4.69) is 10.5 Å². The monoisotopic (exact) mass is 319 g/mol. The number of nitro groups is 1. The lowest BCUT2D eigenvalue weighted by Gasteiger charge is -2.02. The van der Waals surface area contributed by atoms with Gasteiger partial charge in [0, 0.05) is 22.2 Å². The van der Waals surface area contributed by atoms with Crippen molar-refractivity contribution in [3.8, 4) is 5.75 Å². The van der Waals surface area contributed by atoms with Gasteiger partial charge in [0.15, 0.2) is 0 Å². The van der Waals surface area contributed by atoms with E-state index in [0.717, 1.165) is 12.3 Å². The van der Waals surface area contributed by atoms with Gasteiger partial charge >= 0.3 is 5.69 Å². The minimum Gasteiger partial charge on any atom is -0.502 e. The number of phenols is 1. The smallest absolute Gasteiger partial charge is 0.312 e. The van der Waals surface area contributed by atoms with Crippen molar-refractivity contribution >= 4 is 29.4 Å². The van der Waals surface area contributed by atoms with E-state index in [0.29, 0.717) is 5.56 Å². The van der Waals surface area contributed by atoms with Crippen LogP contribution in [0.4, 0.5) is 5.69 Å². The number of carbonyl (C=O) groups is 1. The quantitative estimate of drug-likeness (QED) is 0.513. The molecular weight excluding hydrogens is 310 g/mol. The van der Waals surface area contributed by atoms with Crippen molar-refractivity contribution in [2.75, 3.05) is 0 Å². The van der Waals surface area contributed by atoms with E-state index in [1.165, 1.54) is 6.07 Å². The number of hydrazone groups is 1. The van der Waals surface area contributed by atoms with Crippen LogP contribution in [0.1, 0.15) is 15.9 Å². The van der Waals surface area contributed by atoms with Gasteiger partial charge in [0.25, 0.3) is 5.91 Å². The van der Waals surface area contributed by atoms with Crippen LogP contribution in [0.2, 0.25) is 5.02 Å². The molecule has 0 radical (unpaired) electrons. The molecule has 0 atom stereocenters. The van der Waals surface area contributed by atoms with Gasteiger partial charge in [-0.05, 0) is 18.2 Å². The first kappa shape index (κ1) is 15.5. The number of halogens is 1. The lowest BCUT2D eigenvalue weighted by Crippen LogP contribution is -2.17. The van der Waals surface area contributed by atoms with Gasteiger partial charge in [0.05, 0.1) is 11.1 Å². The van der Waals surface area contributed by atoms with Gasteiger partial charge < -0.3 is 5.11 Å². The number of benzene rings is 2. The van der Waals surface area contributed by atoms with Gasteiger partial charge in [-0.15, -0.1) is 0 Å². The Morgan fingerprint density at radius 3 is 2.64 bits per heavy atom. The summed E-state index contributed by atoms with van der Waals surface area (Å²) in [6.45, 7) is 0. The molecule has 2 aromatic rings. The number of nitro benzene ring substituents is 1. The molecule has 0 aliphatic heterocycles. The van der Waals surface area contributed by atoms with E-state index in [1.807, 2.05) is 0 Å². The fourth-order valence-electron chi connectivity index (χ4n) is 1.66. The summed E-state index contributed by atoms with van der Waals surface area (Å²) < 4.78 is 0. The van der Waals surface area contributed by atoms with Gasteiger partial charge in [-0.3, -0.25) is 14.9 Å². The lowest BCUT2D eigenvalue weighted by molar-refractivity contribution is -0.385. The Bertz CT molecular complexity index is 747. The maximum absolute atomic E-state index is 11.7. The topological polar surface area (TPSA) is 105 Å². The highest BCUT2D eigenvalue weighted by Crippen LogP contribution is 2.32. The van der Waals surface area contributed by atoms with Crippen LogP contribution in [0.3, 0.4) is 0 Å². The standard InChI is InChI=1S/C14H10ClN3O4/c15-11-6-10(13(19)12(7-11)18(21)22)8-16-17-14(20)9-4-2-1-3-5-9/h1-8,19H,(H,17,20)/b16-8+. The van der Waals surface area contributed by atoms with Gasteiger partial charge in [0.2, 0.25) is 5.75 Å². The number of rotatable bonds is 4. The number of phenolic OH excluding ortho intramolecular Hbond substituents is 1. The van der Waals surface area contributed by atoms with Crippen LogP contribution in [0.25, 0.3) is 0 Å². The van der Waals surface area contributed by atoms with Crippen LogP contribution in [0.5, 0.6) is 5.75 Å². The van der Waals surface area contributed by atoms with Gasteiger partial charge in [-0.2, -0.15) is 5.10 Å². The molecule has 7 nitrogen and oxygen atoms in total. The van der Waals surface area contributed by atoms with E-state index in [1.54, 1.807) is 30.3 Å². The number of nitrogens with zero attached hydrogens (tertiary/aromatic N) is 2. The molecule has 2 rings (SSSR count). The third kappa shape index (κ3) is 3.58. The third-order valence-corrected chi connectivity index (χ3v) is 2.90. The van der Waals surface area contributed by atoms with Crippen LogP contribution in [0.15, 0.2) is 47.6 Å². The van der Waals surface area contributed by atoms with Crippen LogP contribution in [-0.4, -0.2) is 22.2 Å². The van der Waals surface area contributed by atoms with Crippen molar-refractivity contribution in [1.29, 1.82) is 0 Å². The summed E-state index contributed by atoms with van der Waals surface area (Å²) in [5, 5.41) is 24.3. The molecule has 2 aromatic carbocycles. The highest BCUT2D eigenvalue weighted by molar-refractivity contribution is 6.31. The Balaban J connectivity index is 2.17. The summed E-state index contributed by atoms with van der Waals surface area (Å²) in [5.41, 5.74) is 2.14. The fraction of sp³-hybridized carbons (Fsp3) is 0. The maximum Gasteiger partial charge on any atom is 0.312 e. The third-order valence-electron chi connectivity index (χ3n) is 2.69. The molecule has 0 fully saturated rings. The van der Waals surface area contributed by atoms with E-state index < -0.39 is 22.3 Å². The first-order valence-corrected chi connectivity index (χ1v) is 6.42. The van der Waals surface area contributed by atoms with Crippen LogP contribution in [0, 0.1) is 10.1 Å². The fourth-order valence-corrected chi connectivity index (χ4v) is 1.88. The van der Waals surface area contributed by atoms with Gasteiger partial charge in [0.1, 0.15) is 0 Å². The van der Waals surface area contributed by atoms with Crippen LogP contribution < -0.4 is 5.43 Å². The zero-order valence-corrected chi connectivity index (χ0v) is 11.8. The molecule has 0 saturated carbocycles. The SMILES string of the molecule is O=C(N/N=C/c1cc(Cl)cc([N+](=O)[O-])c1O)c1ccccc1. The molecule has 1 amide bonds. The van der Waals surface area contributed by atoms with Crippen LogP contribution in [-0.2, 0) is 0 Å². The van der Waals surface area contributed by atoms with Crippen molar-refractivity contribution in [3.05, 3.63) is 68.7 Å². The van der Waals surface area contributed by atoms with Gasteiger partial charge in [-0.25, -0.2) is 5.43 Å². The summed E-state index contributed by atoms with van der Waals surface area (Å²) in [6, 6.07) is 10.7. The van der Waals surface area contributed by atoms with Crippen molar-refractivity contribution < 1.29 is 14.8 Å². The second-order valence-electron chi connectivity index (χ2n) is 4.19. The molecule has 0 bridgehead atoms. The molecule has 0 aliphatic carbocycles. The second kappa shape index (κ2) is 6.68. The minimum atomic E-state index is -0.763. The number of amides is 1. The summed E-state index contributed by atoms with van der Waals surface area (Å²) in [4.78, 5) is 21.7. The Labute approximate surface area is 130 Å². The molecule has 0 aromatic heterocycles. The highest BCUT2D eigenvalue weighted by Gasteiger charge is 2.17. The Hall–Kier alpha value is -2.93. The largest absolute Gasteiger partial charge is 0.502 e. The molecule has 0 aliphatic rings. The van der Waals surface area contributed by atoms with E-state index in [4.69, 9.17) is 11.6 Å². The lowest BCUT2D eigenvalue weighted by atomic mass is 10.2.